The molecule has 0 saturated heterocycles. The summed E-state index contributed by atoms with van der Waals surface area (Å²) < 4.78 is 0. The van der Waals surface area contributed by atoms with Gasteiger partial charge in [-0.3, -0.25) is 0 Å². The molecule has 0 aliphatic rings. The van der Waals surface area contributed by atoms with E-state index in [-0.39, 0.29) is 0 Å². The van der Waals surface area contributed by atoms with Gasteiger partial charge < -0.3 is 0 Å². The molecule has 10 rings (SSSR count). The van der Waals surface area contributed by atoms with Gasteiger partial charge in [-0.05, 0) is 133 Å². The van der Waals surface area contributed by atoms with Gasteiger partial charge >= 0.3 is 0 Å². The van der Waals surface area contributed by atoms with Gasteiger partial charge in [-0.1, -0.05) is 158 Å². The van der Waals surface area contributed by atoms with Crippen LogP contribution in [-0.2, 0) is 0 Å². The third-order valence-corrected chi connectivity index (χ3v) is 19.6. The normalized spacial score (nSPS) is 12.1. The van der Waals surface area contributed by atoms with E-state index in [0.29, 0.717) is 0 Å². The molecule has 0 fully saturated rings. The molecule has 0 saturated carbocycles. The largest absolute Gasteiger partial charge is 0.248 e. The fourth-order valence-electron chi connectivity index (χ4n) is 8.95. The van der Waals surface area contributed by atoms with Crippen LogP contribution in [0.5, 0.6) is 0 Å². The second-order valence-corrected chi connectivity index (χ2v) is 21.8. The molecule has 63 heavy (non-hydrogen) atoms. The van der Waals surface area contributed by atoms with E-state index >= 15 is 0 Å². The Bertz CT molecular complexity index is 2720. The highest BCUT2D eigenvalue weighted by Gasteiger charge is 2.35. The Balaban J connectivity index is 1.21. The molecule has 0 aliphatic carbocycles. The highest BCUT2D eigenvalue weighted by Crippen LogP contribution is 2.74. The molecule has 1 aromatic heterocycles. The van der Waals surface area contributed by atoms with Crippen molar-refractivity contribution < 1.29 is 0 Å². The molecule has 0 unspecified atom stereocenters. The quantitative estimate of drug-likeness (QED) is 0.126. The number of hydrogen-bond acceptors (Lipinski definition) is 1. The highest BCUT2D eigenvalue weighted by molar-refractivity contribution is 8.34. The molecule has 0 atom stereocenters. The predicted molar refractivity (Wildman–Crippen MR) is 265 cm³/mol. The molecule has 0 N–H and O–H groups in total. The second-order valence-electron chi connectivity index (χ2n) is 15.6. The second kappa shape index (κ2) is 17.7. The molecule has 0 radical (unpaired) electrons. The van der Waals surface area contributed by atoms with Crippen LogP contribution in [0, 0.1) is 6.92 Å². The number of rotatable bonds is 11. The van der Waals surface area contributed by atoms with E-state index in [0.717, 1.165) is 28.1 Å². The van der Waals surface area contributed by atoms with E-state index in [2.05, 4.69) is 274 Å². The van der Waals surface area contributed by atoms with E-state index in [9.17, 15) is 0 Å². The molecule has 9 aromatic carbocycles. The minimum absolute atomic E-state index is 0.938. The Labute approximate surface area is 375 Å². The Morgan fingerprint density at radius 1 is 0.254 bits per heavy atom. The fourth-order valence-corrected chi connectivity index (χ4v) is 16.8. The summed E-state index contributed by atoms with van der Waals surface area (Å²) in [4.78, 5) is 15.9. The maximum absolute atomic E-state index is 5.63. The molecule has 0 aliphatic heterocycles. The molecule has 0 spiro atoms. The molecule has 10 aromatic rings. The van der Waals surface area contributed by atoms with Gasteiger partial charge in [-0.15, -0.1) is 20.1 Å². The number of nitrogens with zero attached hydrogens (tertiary/aromatic N) is 1. The van der Waals surface area contributed by atoms with Gasteiger partial charge in [0.15, 0.2) is 0 Å². The molecule has 0 bridgehead atoms. The monoisotopic (exact) mass is 845 g/mol. The van der Waals surface area contributed by atoms with Crippen molar-refractivity contribution in [2.45, 2.75) is 46.1 Å². The summed E-state index contributed by atoms with van der Waals surface area (Å²) in [5, 5.41) is 0. The van der Waals surface area contributed by atoms with E-state index in [1.807, 2.05) is 0 Å². The third-order valence-electron chi connectivity index (χ3n) is 11.8. The van der Waals surface area contributed by atoms with Crippen LogP contribution >= 0.6 is 20.1 Å². The first-order chi connectivity index (χ1) is 31.2. The van der Waals surface area contributed by atoms with Crippen molar-refractivity contribution in [2.24, 2.45) is 0 Å². The van der Waals surface area contributed by atoms with Crippen LogP contribution in [-0.4, -0.2) is 4.98 Å². The summed E-state index contributed by atoms with van der Waals surface area (Å²) >= 11 is 0. The van der Waals surface area contributed by atoms with Crippen LogP contribution in [0.3, 0.4) is 0 Å². The number of pyridine rings is 1. The first-order valence-electron chi connectivity index (χ1n) is 21.4. The highest BCUT2D eigenvalue weighted by atomic mass is 32.3. The summed E-state index contributed by atoms with van der Waals surface area (Å²) in [7, 11) is -3.80. The van der Waals surface area contributed by atoms with Gasteiger partial charge in [0.05, 0.1) is 11.4 Å². The number of aromatic nitrogens is 1. The summed E-state index contributed by atoms with van der Waals surface area (Å²) in [6, 6.07) is 97.9. The predicted octanol–water partition coefficient (Wildman–Crippen LogP) is 17.1. The van der Waals surface area contributed by atoms with Gasteiger partial charge in [-0.25, -0.2) is 4.98 Å². The zero-order valence-corrected chi connectivity index (χ0v) is 36.8. The zero-order valence-electron chi connectivity index (χ0n) is 35.2. The Kier molecular flexibility index (Phi) is 11.2. The summed E-state index contributed by atoms with van der Waals surface area (Å²) in [6.45, 7) is 2.20. The fraction of sp³-hybridized carbons (Fsp3) is 0.0167. The van der Waals surface area contributed by atoms with E-state index < -0.39 is 20.1 Å². The lowest BCUT2D eigenvalue weighted by Gasteiger charge is -2.42. The van der Waals surface area contributed by atoms with Crippen molar-refractivity contribution in [3.63, 3.8) is 0 Å². The first-order valence-corrected chi connectivity index (χ1v) is 24.7. The number of aryl methyl sites for hydroxylation is 1. The molecule has 0 amide bonds. The molecular weight excluding hydrogens is 799 g/mol. The Hall–Kier alpha value is -7.17. The van der Waals surface area contributed by atoms with Crippen molar-refractivity contribution in [2.75, 3.05) is 0 Å². The minimum Gasteiger partial charge on any atom is -0.248 e. The van der Waals surface area contributed by atoms with E-state index in [1.165, 1.54) is 50.3 Å². The molecule has 3 heteroatoms. The topological polar surface area (TPSA) is 12.9 Å². The molecule has 304 valence electrons. The van der Waals surface area contributed by atoms with Gasteiger partial charge in [0.25, 0.3) is 0 Å². The van der Waals surface area contributed by atoms with Crippen molar-refractivity contribution in [3.8, 4) is 33.6 Å². The Morgan fingerprint density at radius 2 is 0.540 bits per heavy atom. The van der Waals surface area contributed by atoms with Crippen LogP contribution in [0.15, 0.2) is 306 Å². The van der Waals surface area contributed by atoms with Gasteiger partial charge in [0, 0.05) is 50.3 Å². The maximum atomic E-state index is 5.63. The van der Waals surface area contributed by atoms with Crippen molar-refractivity contribution in [1.29, 1.82) is 0 Å². The van der Waals surface area contributed by atoms with Gasteiger partial charge in [-0.2, -0.15) is 0 Å². The minimum atomic E-state index is -1.90. The van der Waals surface area contributed by atoms with Gasteiger partial charge in [0.2, 0.25) is 0 Å². The van der Waals surface area contributed by atoms with Crippen LogP contribution in [0.4, 0.5) is 0 Å². The molecular formula is C60H47NS2. The third kappa shape index (κ3) is 7.40. The number of hydrogen-bond donors (Lipinski definition) is 0. The van der Waals surface area contributed by atoms with Crippen LogP contribution in [0.25, 0.3) is 33.6 Å². The maximum Gasteiger partial charge on any atom is 0.0716 e. The van der Waals surface area contributed by atoms with Crippen molar-refractivity contribution in [1.82, 2.24) is 4.98 Å². The average Bonchev–Trinajstić information content (AvgIpc) is 3.37. The number of benzene rings is 9. The van der Waals surface area contributed by atoms with Crippen molar-refractivity contribution in [3.05, 3.63) is 272 Å². The SMILES string of the molecule is Cc1ccccc1-c1cc(-c2cccc(S(c3ccccc3)(c3ccccc3)c3ccccc3)c2)nc(-c2cccc(S(c3ccccc3)(c3ccccc3)c3ccccc3)c2)c1. The zero-order chi connectivity index (χ0) is 42.5. The average molecular weight is 846 g/mol. The summed E-state index contributed by atoms with van der Waals surface area (Å²) in [6.07, 6.45) is 0. The lowest BCUT2D eigenvalue weighted by atomic mass is 9.97. The van der Waals surface area contributed by atoms with E-state index in [1.54, 1.807) is 0 Å². The molecule has 1 nitrogen and oxygen atoms in total. The molecule has 1 heterocycles. The lowest BCUT2D eigenvalue weighted by Crippen LogP contribution is -2.05. The van der Waals surface area contributed by atoms with Crippen molar-refractivity contribution >= 4 is 20.1 Å². The lowest BCUT2D eigenvalue weighted by molar-refractivity contribution is 1.23. The van der Waals surface area contributed by atoms with Crippen LogP contribution < -0.4 is 0 Å². The van der Waals surface area contributed by atoms with Crippen LogP contribution in [0.1, 0.15) is 5.56 Å². The first kappa shape index (κ1) is 39.9. The summed E-state index contributed by atoms with van der Waals surface area (Å²) in [5.41, 5.74) is 7.61. The summed E-state index contributed by atoms with van der Waals surface area (Å²) in [5.74, 6) is 0. The standard InChI is InChI=1S/C60H47NS2/c1-46-24-20-21-41-58(46)49-44-59(47-25-22-39-56(42-47)62(50-27-8-2-9-28-50,51-29-10-3-11-30-51)52-31-12-4-13-32-52)61-60(45-49)48-26-23-40-57(43-48)63(53-33-14-5-15-34-53,54-35-16-6-17-36-54)55-37-18-7-19-38-55/h2-45H,1H3. The van der Waals surface area contributed by atoms with Gasteiger partial charge in [0.1, 0.15) is 0 Å². The smallest absolute Gasteiger partial charge is 0.0716 e. The Morgan fingerprint density at radius 3 is 0.857 bits per heavy atom. The van der Waals surface area contributed by atoms with E-state index in [4.69, 9.17) is 4.98 Å². The van der Waals surface area contributed by atoms with Crippen LogP contribution in [0.2, 0.25) is 0 Å².